The van der Waals surface area contributed by atoms with E-state index in [0.29, 0.717) is 17.1 Å². The number of fused-ring (bicyclic) bond motifs is 1. The van der Waals surface area contributed by atoms with E-state index in [4.69, 9.17) is 4.52 Å². The summed E-state index contributed by atoms with van der Waals surface area (Å²) in [5, 5.41) is 6.17. The Balaban J connectivity index is 2.00. The van der Waals surface area contributed by atoms with Crippen molar-refractivity contribution in [2.75, 3.05) is 28.0 Å². The van der Waals surface area contributed by atoms with Gasteiger partial charge in [0.2, 0.25) is 5.76 Å². The molecule has 22 heavy (non-hydrogen) atoms. The first-order valence-electron chi connectivity index (χ1n) is 6.42. The van der Waals surface area contributed by atoms with Crippen LogP contribution in [0.5, 0.6) is 0 Å². The SMILES string of the molecule is Cc1cc2c(cc1NC(=O)c1ccno1)N(C)S(=O)(=O)N2C. The van der Waals surface area contributed by atoms with Crippen LogP contribution in [-0.4, -0.2) is 33.6 Å². The van der Waals surface area contributed by atoms with E-state index in [-0.39, 0.29) is 5.76 Å². The number of aromatic nitrogens is 1. The molecule has 1 amide bonds. The molecular formula is C13H14N4O4S. The second-order valence-electron chi connectivity index (χ2n) is 4.93. The largest absolute Gasteiger partial charge is 0.351 e. The van der Waals surface area contributed by atoms with Gasteiger partial charge in [0.25, 0.3) is 5.91 Å². The number of amides is 1. The van der Waals surface area contributed by atoms with Gasteiger partial charge in [0.15, 0.2) is 0 Å². The molecule has 0 aliphatic carbocycles. The fourth-order valence-corrected chi connectivity index (χ4v) is 3.43. The summed E-state index contributed by atoms with van der Waals surface area (Å²) in [7, 11) is -0.585. The van der Waals surface area contributed by atoms with Gasteiger partial charge in [0, 0.05) is 25.8 Å². The molecule has 2 aromatic rings. The van der Waals surface area contributed by atoms with E-state index in [0.717, 1.165) is 5.56 Å². The van der Waals surface area contributed by atoms with Crippen LogP contribution in [0.25, 0.3) is 0 Å². The first kappa shape index (κ1) is 14.4. The van der Waals surface area contributed by atoms with E-state index in [1.807, 2.05) is 0 Å². The standard InChI is InChI=1S/C13H14N4O4S/c1-8-6-10-11(17(3)22(19,20)16(10)2)7-9(8)15-13(18)12-4-5-14-21-12/h4-7H,1-3H3,(H,15,18). The molecule has 2 heterocycles. The number of nitrogens with one attached hydrogen (secondary N) is 1. The van der Waals surface area contributed by atoms with Gasteiger partial charge in [-0.2, -0.15) is 8.42 Å². The van der Waals surface area contributed by atoms with Gasteiger partial charge in [0.1, 0.15) is 0 Å². The van der Waals surface area contributed by atoms with Crippen molar-refractivity contribution in [2.45, 2.75) is 6.92 Å². The van der Waals surface area contributed by atoms with Crippen LogP contribution in [0.4, 0.5) is 17.1 Å². The molecule has 1 aliphatic heterocycles. The van der Waals surface area contributed by atoms with Gasteiger partial charge >= 0.3 is 10.2 Å². The number of aryl methyl sites for hydroxylation is 1. The third-order valence-electron chi connectivity index (χ3n) is 3.60. The number of rotatable bonds is 2. The fourth-order valence-electron chi connectivity index (χ4n) is 2.27. The molecule has 8 nitrogen and oxygen atoms in total. The smallest absolute Gasteiger partial charge is 0.326 e. The van der Waals surface area contributed by atoms with Crippen LogP contribution < -0.4 is 13.9 Å². The predicted molar refractivity (Wildman–Crippen MR) is 81.4 cm³/mol. The summed E-state index contributed by atoms with van der Waals surface area (Å²) in [4.78, 5) is 12.0. The van der Waals surface area contributed by atoms with Crippen molar-refractivity contribution in [1.82, 2.24) is 5.16 Å². The third-order valence-corrected chi connectivity index (χ3v) is 5.38. The van der Waals surface area contributed by atoms with Gasteiger partial charge in [-0.15, -0.1) is 0 Å². The lowest BCUT2D eigenvalue weighted by Crippen LogP contribution is -2.32. The van der Waals surface area contributed by atoms with Crippen LogP contribution in [0, 0.1) is 6.92 Å². The molecule has 1 aliphatic rings. The van der Waals surface area contributed by atoms with Crippen LogP contribution >= 0.6 is 0 Å². The molecule has 3 rings (SSSR count). The van der Waals surface area contributed by atoms with E-state index < -0.39 is 16.1 Å². The van der Waals surface area contributed by atoms with Gasteiger partial charge in [0.05, 0.1) is 17.6 Å². The summed E-state index contributed by atoms with van der Waals surface area (Å²) in [5.74, 6) is -0.365. The Bertz CT molecular complexity index is 845. The van der Waals surface area contributed by atoms with Crippen molar-refractivity contribution in [1.29, 1.82) is 0 Å². The Kier molecular flexibility index (Phi) is 3.10. The van der Waals surface area contributed by atoms with E-state index >= 15 is 0 Å². The lowest BCUT2D eigenvalue weighted by atomic mass is 10.1. The van der Waals surface area contributed by atoms with E-state index in [1.165, 1.54) is 35.0 Å². The van der Waals surface area contributed by atoms with Crippen LogP contribution in [0.2, 0.25) is 0 Å². The normalized spacial score (nSPS) is 15.8. The molecule has 1 aromatic heterocycles. The Labute approximate surface area is 127 Å². The minimum atomic E-state index is -3.54. The van der Waals surface area contributed by atoms with Crippen molar-refractivity contribution in [3.63, 3.8) is 0 Å². The number of hydrogen-bond donors (Lipinski definition) is 1. The van der Waals surface area contributed by atoms with Gasteiger partial charge in [-0.3, -0.25) is 13.4 Å². The highest BCUT2D eigenvalue weighted by Crippen LogP contribution is 2.41. The molecule has 116 valence electrons. The fraction of sp³-hybridized carbons (Fsp3) is 0.231. The molecule has 0 saturated carbocycles. The van der Waals surface area contributed by atoms with Crippen LogP contribution in [-0.2, 0) is 10.2 Å². The van der Waals surface area contributed by atoms with Crippen LogP contribution in [0.1, 0.15) is 16.1 Å². The second-order valence-corrected chi connectivity index (χ2v) is 6.92. The minimum Gasteiger partial charge on any atom is -0.351 e. The van der Waals surface area contributed by atoms with Crippen molar-refractivity contribution >= 4 is 33.2 Å². The predicted octanol–water partition coefficient (Wildman–Crippen LogP) is 1.37. The zero-order chi connectivity index (χ0) is 16.1. The van der Waals surface area contributed by atoms with Gasteiger partial charge in [-0.1, -0.05) is 5.16 Å². The third kappa shape index (κ3) is 2.01. The highest BCUT2D eigenvalue weighted by molar-refractivity contribution is 7.94. The number of hydrogen-bond acceptors (Lipinski definition) is 5. The molecule has 0 fully saturated rings. The monoisotopic (exact) mass is 322 g/mol. The highest BCUT2D eigenvalue weighted by atomic mass is 32.2. The summed E-state index contributed by atoms with van der Waals surface area (Å²) >= 11 is 0. The minimum absolute atomic E-state index is 0.0815. The zero-order valence-electron chi connectivity index (χ0n) is 12.2. The molecule has 9 heteroatoms. The lowest BCUT2D eigenvalue weighted by Gasteiger charge is -2.13. The molecule has 0 atom stereocenters. The Morgan fingerprint density at radius 2 is 1.86 bits per heavy atom. The quantitative estimate of drug-likeness (QED) is 0.901. The molecule has 1 aromatic carbocycles. The zero-order valence-corrected chi connectivity index (χ0v) is 13.0. The van der Waals surface area contributed by atoms with Gasteiger partial charge in [-0.05, 0) is 24.6 Å². The van der Waals surface area contributed by atoms with Gasteiger partial charge in [-0.25, -0.2) is 0 Å². The topological polar surface area (TPSA) is 95.7 Å². The lowest BCUT2D eigenvalue weighted by molar-refractivity contribution is 0.0988. The van der Waals surface area contributed by atoms with Crippen molar-refractivity contribution in [2.24, 2.45) is 0 Å². The van der Waals surface area contributed by atoms with Gasteiger partial charge < -0.3 is 9.84 Å². The summed E-state index contributed by atoms with van der Waals surface area (Å²) in [6.45, 7) is 1.79. The Morgan fingerprint density at radius 1 is 1.23 bits per heavy atom. The number of anilines is 3. The summed E-state index contributed by atoms with van der Waals surface area (Å²) in [6.07, 6.45) is 1.37. The number of benzene rings is 1. The van der Waals surface area contributed by atoms with Crippen LogP contribution in [0.3, 0.4) is 0 Å². The molecular weight excluding hydrogens is 308 g/mol. The summed E-state index contributed by atoms with van der Waals surface area (Å²) in [6, 6.07) is 4.79. The number of carbonyl (C=O) groups is 1. The van der Waals surface area contributed by atoms with E-state index in [9.17, 15) is 13.2 Å². The van der Waals surface area contributed by atoms with E-state index in [2.05, 4.69) is 10.5 Å². The Hall–Kier alpha value is -2.55. The first-order valence-corrected chi connectivity index (χ1v) is 7.81. The molecule has 0 bridgehead atoms. The molecule has 0 spiro atoms. The van der Waals surface area contributed by atoms with Crippen LogP contribution in [0.15, 0.2) is 28.9 Å². The van der Waals surface area contributed by atoms with Crippen molar-refractivity contribution in [3.8, 4) is 0 Å². The van der Waals surface area contributed by atoms with Crippen molar-refractivity contribution < 1.29 is 17.7 Å². The molecule has 1 N–H and O–H groups in total. The number of nitrogens with zero attached hydrogens (tertiary/aromatic N) is 3. The van der Waals surface area contributed by atoms with E-state index in [1.54, 1.807) is 19.1 Å². The maximum atomic E-state index is 12.1. The molecule has 0 saturated heterocycles. The maximum absolute atomic E-state index is 12.1. The first-order chi connectivity index (χ1) is 10.3. The number of carbonyl (C=O) groups excluding carboxylic acids is 1. The highest BCUT2D eigenvalue weighted by Gasteiger charge is 2.36. The molecule has 0 radical (unpaired) electrons. The summed E-state index contributed by atoms with van der Waals surface area (Å²) < 4.78 is 31.4. The molecule has 0 unspecified atom stereocenters. The Morgan fingerprint density at radius 3 is 2.45 bits per heavy atom. The average Bonchev–Trinajstić information content (AvgIpc) is 3.05. The maximum Gasteiger partial charge on any atom is 0.326 e. The summed E-state index contributed by atoms with van der Waals surface area (Å²) in [5.41, 5.74) is 2.32. The van der Waals surface area contributed by atoms with Crippen molar-refractivity contribution in [3.05, 3.63) is 35.7 Å². The average molecular weight is 322 g/mol. The second kappa shape index (κ2) is 4.73.